The van der Waals surface area contributed by atoms with Gasteiger partial charge in [0.25, 0.3) is 0 Å². The Kier molecular flexibility index (Phi) is 1.16. The molecule has 0 N–H and O–H groups in total. The van der Waals surface area contributed by atoms with Crippen molar-refractivity contribution in [2.75, 3.05) is 0 Å². The molecule has 0 unspecified atom stereocenters. The normalized spacial score (nSPS) is 11.6. The van der Waals surface area contributed by atoms with Crippen molar-refractivity contribution in [3.8, 4) is 0 Å². The van der Waals surface area contributed by atoms with Crippen LogP contribution in [-0.2, 0) is 0 Å². The minimum absolute atomic E-state index is 1.44. The quantitative estimate of drug-likeness (QED) is 0.506. The molecule has 0 spiro atoms. The molecule has 0 aromatic carbocycles. The maximum atomic E-state index is 2.22. The Hall–Kier alpha value is -0.380. The van der Waals surface area contributed by atoms with E-state index in [9.17, 15) is 0 Å². The first-order valence-electron chi connectivity index (χ1n) is 3.28. The minimum Gasteiger partial charge on any atom is -0.142 e. The van der Waals surface area contributed by atoms with E-state index in [1.165, 1.54) is 18.8 Å². The molecule has 0 aliphatic carbocycles. The molecule has 3 aromatic heterocycles. The maximum absolute atomic E-state index is 2.22. The lowest BCUT2D eigenvalue weighted by molar-refractivity contribution is 2.22. The van der Waals surface area contributed by atoms with Gasteiger partial charge in [0, 0.05) is 10.1 Å². The molecule has 0 radical (unpaired) electrons. The SMILES string of the molecule is c1cc2c(s1)sc1ccsc12. The number of rotatable bonds is 0. The van der Waals surface area contributed by atoms with Crippen LogP contribution < -0.4 is 0 Å². The summed E-state index contributed by atoms with van der Waals surface area (Å²) in [5.74, 6) is 0. The maximum Gasteiger partial charge on any atom is 0.0885 e. The highest BCUT2D eigenvalue weighted by Gasteiger charge is 2.05. The third kappa shape index (κ3) is 0.732. The lowest BCUT2D eigenvalue weighted by Gasteiger charge is -1.71. The average Bonchev–Trinajstić information content (AvgIpc) is 2.52. The van der Waals surface area contributed by atoms with E-state index in [4.69, 9.17) is 0 Å². The van der Waals surface area contributed by atoms with E-state index in [1.807, 2.05) is 34.0 Å². The average molecular weight is 196 g/mol. The van der Waals surface area contributed by atoms with Gasteiger partial charge in [-0.05, 0) is 22.9 Å². The predicted molar refractivity (Wildman–Crippen MR) is 55.1 cm³/mol. The molecule has 0 aliphatic heterocycles. The number of fused-ring (bicyclic) bond motifs is 3. The molecule has 0 amide bonds. The van der Waals surface area contributed by atoms with E-state index in [2.05, 4.69) is 22.9 Å². The highest BCUT2D eigenvalue weighted by atomic mass is 32.2. The molecule has 3 heterocycles. The third-order valence-electron chi connectivity index (χ3n) is 1.71. The highest BCUT2D eigenvalue weighted by Crippen LogP contribution is 2.39. The van der Waals surface area contributed by atoms with Crippen LogP contribution in [0.3, 0.4) is 0 Å². The zero-order chi connectivity index (χ0) is 7.26. The summed E-state index contributed by atoms with van der Waals surface area (Å²) in [6.07, 6.45) is 0. The van der Waals surface area contributed by atoms with Crippen molar-refractivity contribution in [1.82, 2.24) is 0 Å². The Morgan fingerprint density at radius 1 is 1.00 bits per heavy atom. The third-order valence-corrected chi connectivity index (χ3v) is 4.99. The lowest BCUT2D eigenvalue weighted by atomic mass is 10.4. The van der Waals surface area contributed by atoms with Gasteiger partial charge in [-0.1, -0.05) is 0 Å². The molecule has 0 fully saturated rings. The monoisotopic (exact) mass is 196 g/mol. The van der Waals surface area contributed by atoms with Crippen molar-refractivity contribution >= 4 is 52.8 Å². The van der Waals surface area contributed by atoms with E-state index in [-0.39, 0.29) is 0 Å². The van der Waals surface area contributed by atoms with E-state index < -0.39 is 0 Å². The van der Waals surface area contributed by atoms with Gasteiger partial charge in [0.15, 0.2) is 0 Å². The Bertz CT molecular complexity index is 452. The van der Waals surface area contributed by atoms with E-state index in [1.54, 1.807) is 0 Å². The van der Waals surface area contributed by atoms with Crippen molar-refractivity contribution < 1.29 is 0 Å². The van der Waals surface area contributed by atoms with Gasteiger partial charge in [0.2, 0.25) is 0 Å². The molecule has 0 atom stereocenters. The first-order valence-corrected chi connectivity index (χ1v) is 5.86. The first kappa shape index (κ1) is 6.17. The molecule has 3 aromatic rings. The summed E-state index contributed by atoms with van der Waals surface area (Å²) in [5.41, 5.74) is 0. The summed E-state index contributed by atoms with van der Waals surface area (Å²) in [4.78, 5) is 0. The van der Waals surface area contributed by atoms with Crippen LogP contribution in [0.4, 0.5) is 0 Å². The topological polar surface area (TPSA) is 0 Å². The largest absolute Gasteiger partial charge is 0.142 e. The summed E-state index contributed by atoms with van der Waals surface area (Å²) in [5, 5.41) is 5.78. The van der Waals surface area contributed by atoms with Gasteiger partial charge in [-0.25, -0.2) is 0 Å². The smallest absolute Gasteiger partial charge is 0.0885 e. The van der Waals surface area contributed by atoms with Crippen molar-refractivity contribution in [3.63, 3.8) is 0 Å². The molecule has 3 rings (SSSR count). The van der Waals surface area contributed by atoms with Crippen LogP contribution in [-0.4, -0.2) is 0 Å². The van der Waals surface area contributed by atoms with Crippen LogP contribution in [0, 0.1) is 0 Å². The lowest BCUT2D eigenvalue weighted by Crippen LogP contribution is -1.43. The number of thiophene rings is 3. The minimum atomic E-state index is 1.44. The fourth-order valence-corrected chi connectivity index (χ4v) is 4.59. The van der Waals surface area contributed by atoms with Gasteiger partial charge in [-0.3, -0.25) is 0 Å². The van der Waals surface area contributed by atoms with Crippen LogP contribution in [0.5, 0.6) is 0 Å². The van der Waals surface area contributed by atoms with E-state index in [0.29, 0.717) is 0 Å². The first-order chi connectivity index (χ1) is 5.45. The second kappa shape index (κ2) is 2.06. The number of hydrogen-bond acceptors (Lipinski definition) is 3. The van der Waals surface area contributed by atoms with Crippen molar-refractivity contribution in [3.05, 3.63) is 22.9 Å². The number of hydrogen-bond donors (Lipinski definition) is 0. The Morgan fingerprint density at radius 3 is 2.91 bits per heavy atom. The van der Waals surface area contributed by atoms with Crippen LogP contribution in [0.2, 0.25) is 0 Å². The van der Waals surface area contributed by atoms with Crippen LogP contribution >= 0.6 is 34.0 Å². The molecule has 0 saturated heterocycles. The van der Waals surface area contributed by atoms with Gasteiger partial charge in [0.1, 0.15) is 0 Å². The van der Waals surface area contributed by atoms with Crippen molar-refractivity contribution in [2.24, 2.45) is 0 Å². The van der Waals surface area contributed by atoms with Crippen LogP contribution in [0.15, 0.2) is 22.9 Å². The molecule has 0 nitrogen and oxygen atoms in total. The van der Waals surface area contributed by atoms with Gasteiger partial charge in [-0.15, -0.1) is 34.0 Å². The summed E-state index contributed by atoms with van der Waals surface area (Å²) in [7, 11) is 0. The summed E-state index contributed by atoms with van der Waals surface area (Å²) in [6, 6.07) is 4.42. The Balaban J connectivity index is 2.75. The second-order valence-electron chi connectivity index (χ2n) is 2.34. The molecule has 0 saturated carbocycles. The Morgan fingerprint density at radius 2 is 1.91 bits per heavy atom. The molecule has 54 valence electrons. The van der Waals surface area contributed by atoms with Crippen LogP contribution in [0.1, 0.15) is 0 Å². The van der Waals surface area contributed by atoms with Gasteiger partial charge in [-0.2, -0.15) is 0 Å². The molecule has 3 heteroatoms. The summed E-state index contributed by atoms with van der Waals surface area (Å²) in [6.45, 7) is 0. The van der Waals surface area contributed by atoms with Gasteiger partial charge >= 0.3 is 0 Å². The summed E-state index contributed by atoms with van der Waals surface area (Å²) >= 11 is 5.59. The molecule has 0 bridgehead atoms. The zero-order valence-electron chi connectivity index (χ0n) is 5.53. The standard InChI is InChI=1S/C8H4S3/c1-3-10-8-5(1)7-6(11-8)2-4-9-7/h1-4H. The fraction of sp³-hybridized carbons (Fsp3) is 0. The second-order valence-corrected chi connectivity index (χ2v) is 5.48. The molecule has 11 heavy (non-hydrogen) atoms. The Labute approximate surface area is 75.7 Å². The predicted octanol–water partition coefficient (Wildman–Crippen LogP) is 4.18. The van der Waals surface area contributed by atoms with Gasteiger partial charge in [0.05, 0.1) is 8.71 Å². The fourth-order valence-electron chi connectivity index (χ4n) is 1.22. The molecular weight excluding hydrogens is 192 g/mol. The van der Waals surface area contributed by atoms with E-state index >= 15 is 0 Å². The van der Waals surface area contributed by atoms with Crippen molar-refractivity contribution in [2.45, 2.75) is 0 Å². The molecule has 0 aliphatic rings. The van der Waals surface area contributed by atoms with Gasteiger partial charge < -0.3 is 0 Å². The van der Waals surface area contributed by atoms with Crippen molar-refractivity contribution in [1.29, 1.82) is 0 Å². The zero-order valence-corrected chi connectivity index (χ0v) is 7.98. The highest BCUT2D eigenvalue weighted by molar-refractivity contribution is 7.43. The van der Waals surface area contributed by atoms with Crippen LogP contribution in [0.25, 0.3) is 18.8 Å². The van der Waals surface area contributed by atoms with E-state index in [0.717, 1.165) is 0 Å². The molecular formula is C8H4S3. The summed E-state index contributed by atoms with van der Waals surface area (Å²) < 4.78 is 4.37.